The summed E-state index contributed by atoms with van der Waals surface area (Å²) in [6.07, 6.45) is 0.484. The molecule has 1 N–H and O–H groups in total. The van der Waals surface area contributed by atoms with Crippen LogP contribution in [0.3, 0.4) is 0 Å². The second kappa shape index (κ2) is 7.54. The zero-order valence-electron chi connectivity index (χ0n) is 13.3. The van der Waals surface area contributed by atoms with Crippen LogP contribution in [0.15, 0.2) is 24.3 Å². The van der Waals surface area contributed by atoms with Gasteiger partial charge in [-0.2, -0.15) is 0 Å². The largest absolute Gasteiger partial charge is 0.354 e. The molecule has 1 aromatic carbocycles. The molecule has 1 heterocycles. The van der Waals surface area contributed by atoms with Crippen molar-refractivity contribution in [2.45, 2.75) is 39.1 Å². The minimum absolute atomic E-state index is 0.0760. The van der Waals surface area contributed by atoms with Crippen molar-refractivity contribution in [3.63, 3.8) is 0 Å². The van der Waals surface area contributed by atoms with Gasteiger partial charge >= 0.3 is 0 Å². The number of ether oxygens (including phenoxy) is 2. The second-order valence-electron chi connectivity index (χ2n) is 4.97. The van der Waals surface area contributed by atoms with Crippen molar-refractivity contribution in [3.8, 4) is 0 Å². The number of hydrogen-bond acceptors (Lipinski definition) is 4. The molecule has 0 aliphatic rings. The highest BCUT2D eigenvalue weighted by atomic mass is 16.7. The number of para-hydroxylation sites is 2. The Bertz CT molecular complexity index is 564. The van der Waals surface area contributed by atoms with Gasteiger partial charge in [0, 0.05) is 27.2 Å². The number of benzene rings is 1. The monoisotopic (exact) mass is 291 g/mol. The molecule has 116 valence electrons. The number of nitrogens with one attached hydrogen (secondary N) is 1. The van der Waals surface area contributed by atoms with Crippen LogP contribution in [-0.4, -0.2) is 42.6 Å². The molecule has 21 heavy (non-hydrogen) atoms. The molecule has 0 fully saturated rings. The average Bonchev–Trinajstić information content (AvgIpc) is 2.85. The van der Waals surface area contributed by atoms with Crippen LogP contribution in [0.1, 0.15) is 19.7 Å². The van der Waals surface area contributed by atoms with Crippen LogP contribution in [0.2, 0.25) is 0 Å². The van der Waals surface area contributed by atoms with Crippen LogP contribution in [0, 0.1) is 0 Å². The number of aryl methyl sites for hydroxylation is 1. The van der Waals surface area contributed by atoms with Crippen molar-refractivity contribution in [2.24, 2.45) is 0 Å². The highest BCUT2D eigenvalue weighted by Gasteiger charge is 2.23. The minimum Gasteiger partial charge on any atom is -0.354 e. The molecule has 0 bridgehead atoms. The van der Waals surface area contributed by atoms with Crippen LogP contribution in [0.4, 0.5) is 0 Å². The van der Waals surface area contributed by atoms with Crippen molar-refractivity contribution < 1.29 is 9.47 Å². The highest BCUT2D eigenvalue weighted by Crippen LogP contribution is 2.18. The maximum atomic E-state index is 5.41. The van der Waals surface area contributed by atoms with E-state index in [-0.39, 0.29) is 12.3 Å². The number of methoxy groups -OCH3 is 2. The Balaban J connectivity index is 2.31. The van der Waals surface area contributed by atoms with Gasteiger partial charge in [0.15, 0.2) is 6.29 Å². The predicted molar refractivity (Wildman–Crippen MR) is 84.4 cm³/mol. The minimum atomic E-state index is -0.282. The van der Waals surface area contributed by atoms with Gasteiger partial charge < -0.3 is 19.4 Å². The number of imidazole rings is 1. The predicted octanol–water partition coefficient (Wildman–Crippen LogP) is 2.20. The van der Waals surface area contributed by atoms with Crippen molar-refractivity contribution in [1.29, 1.82) is 0 Å². The van der Waals surface area contributed by atoms with E-state index in [9.17, 15) is 0 Å². The zero-order valence-corrected chi connectivity index (χ0v) is 13.3. The summed E-state index contributed by atoms with van der Waals surface area (Å²) in [6, 6.07) is 8.31. The molecular weight excluding hydrogens is 266 g/mol. The molecule has 0 saturated carbocycles. The first-order chi connectivity index (χ1) is 10.2. The summed E-state index contributed by atoms with van der Waals surface area (Å²) >= 11 is 0. The standard InChI is InChI=1S/C16H25N3O2/c1-5-17-13(16(20-3)21-4)11-15-18-12-9-7-8-10-14(12)19(15)6-2/h7-10,13,16-17H,5-6,11H2,1-4H3. The molecule has 1 unspecified atom stereocenters. The summed E-state index contributed by atoms with van der Waals surface area (Å²) in [5.74, 6) is 1.06. The topological polar surface area (TPSA) is 48.3 Å². The van der Waals surface area contributed by atoms with Gasteiger partial charge in [-0.05, 0) is 25.6 Å². The molecule has 2 rings (SSSR count). The lowest BCUT2D eigenvalue weighted by molar-refractivity contribution is -0.122. The van der Waals surface area contributed by atoms with Crippen LogP contribution >= 0.6 is 0 Å². The Morgan fingerprint density at radius 3 is 2.52 bits per heavy atom. The molecule has 0 spiro atoms. The Kier molecular flexibility index (Phi) is 5.73. The Labute approximate surface area is 126 Å². The molecule has 5 heteroatoms. The fourth-order valence-electron chi connectivity index (χ4n) is 2.78. The lowest BCUT2D eigenvalue weighted by Gasteiger charge is -2.25. The number of likely N-dealkylation sites (N-methyl/N-ethyl adjacent to an activating group) is 1. The third-order valence-corrected chi connectivity index (χ3v) is 3.71. The Hall–Kier alpha value is -1.43. The van der Waals surface area contributed by atoms with E-state index in [1.807, 2.05) is 6.07 Å². The maximum Gasteiger partial charge on any atom is 0.172 e. The number of fused-ring (bicyclic) bond motifs is 1. The van der Waals surface area contributed by atoms with E-state index in [0.29, 0.717) is 0 Å². The third kappa shape index (κ3) is 3.43. The van der Waals surface area contributed by atoms with Crippen LogP contribution in [0.5, 0.6) is 0 Å². The first-order valence-corrected chi connectivity index (χ1v) is 7.48. The Morgan fingerprint density at radius 1 is 1.19 bits per heavy atom. The van der Waals surface area contributed by atoms with Gasteiger partial charge in [0.2, 0.25) is 0 Å². The molecular formula is C16H25N3O2. The van der Waals surface area contributed by atoms with Crippen LogP contribution < -0.4 is 5.32 Å². The number of aromatic nitrogens is 2. The lowest BCUT2D eigenvalue weighted by Crippen LogP contribution is -2.44. The first kappa shape index (κ1) is 15.9. The molecule has 5 nitrogen and oxygen atoms in total. The molecule has 0 aliphatic heterocycles. The molecule has 1 aromatic heterocycles. The summed E-state index contributed by atoms with van der Waals surface area (Å²) in [7, 11) is 3.34. The van der Waals surface area contributed by atoms with Gasteiger partial charge in [0.25, 0.3) is 0 Å². The normalized spacial score (nSPS) is 13.2. The molecule has 0 saturated heterocycles. The fourth-order valence-corrected chi connectivity index (χ4v) is 2.78. The quantitative estimate of drug-likeness (QED) is 0.758. The summed E-state index contributed by atoms with van der Waals surface area (Å²) in [5, 5.41) is 3.43. The van der Waals surface area contributed by atoms with Gasteiger partial charge in [-0.15, -0.1) is 0 Å². The summed E-state index contributed by atoms with van der Waals surface area (Å²) in [6.45, 7) is 5.99. The summed E-state index contributed by atoms with van der Waals surface area (Å²) in [4.78, 5) is 4.77. The van der Waals surface area contributed by atoms with Gasteiger partial charge in [-0.1, -0.05) is 19.1 Å². The molecule has 2 aromatic rings. The van der Waals surface area contributed by atoms with Crippen LogP contribution in [0.25, 0.3) is 11.0 Å². The number of rotatable bonds is 8. The maximum absolute atomic E-state index is 5.41. The highest BCUT2D eigenvalue weighted by molar-refractivity contribution is 5.75. The zero-order chi connectivity index (χ0) is 15.2. The van der Waals surface area contributed by atoms with E-state index >= 15 is 0 Å². The van der Waals surface area contributed by atoms with Crippen molar-refractivity contribution in [2.75, 3.05) is 20.8 Å². The van der Waals surface area contributed by atoms with Crippen LogP contribution in [-0.2, 0) is 22.4 Å². The van der Waals surface area contributed by atoms with Gasteiger partial charge in [-0.3, -0.25) is 0 Å². The Morgan fingerprint density at radius 2 is 1.90 bits per heavy atom. The number of hydrogen-bond donors (Lipinski definition) is 1. The third-order valence-electron chi connectivity index (χ3n) is 3.71. The van der Waals surface area contributed by atoms with E-state index in [2.05, 4.69) is 41.9 Å². The van der Waals surface area contributed by atoms with Gasteiger partial charge in [0.05, 0.1) is 17.1 Å². The second-order valence-corrected chi connectivity index (χ2v) is 4.97. The lowest BCUT2D eigenvalue weighted by atomic mass is 10.2. The van der Waals surface area contributed by atoms with E-state index in [4.69, 9.17) is 14.5 Å². The smallest absolute Gasteiger partial charge is 0.172 e. The molecule has 1 atom stereocenters. The summed E-state index contributed by atoms with van der Waals surface area (Å²) < 4.78 is 13.1. The van der Waals surface area contributed by atoms with Crippen molar-refractivity contribution >= 4 is 11.0 Å². The molecule has 0 radical (unpaired) electrons. The fraction of sp³-hybridized carbons (Fsp3) is 0.562. The van der Waals surface area contributed by atoms with Crippen molar-refractivity contribution in [1.82, 2.24) is 14.9 Å². The molecule has 0 amide bonds. The SMILES string of the molecule is CCNC(Cc1nc2ccccc2n1CC)C(OC)OC. The van der Waals surface area contributed by atoms with E-state index in [1.54, 1.807) is 14.2 Å². The van der Waals surface area contributed by atoms with E-state index < -0.39 is 0 Å². The average molecular weight is 291 g/mol. The number of nitrogens with zero attached hydrogens (tertiary/aromatic N) is 2. The summed E-state index contributed by atoms with van der Waals surface area (Å²) in [5.41, 5.74) is 2.22. The van der Waals surface area contributed by atoms with E-state index in [0.717, 1.165) is 30.9 Å². The molecule has 0 aliphatic carbocycles. The van der Waals surface area contributed by atoms with Gasteiger partial charge in [0.1, 0.15) is 5.82 Å². The first-order valence-electron chi connectivity index (χ1n) is 7.48. The van der Waals surface area contributed by atoms with E-state index in [1.165, 1.54) is 5.52 Å². The van der Waals surface area contributed by atoms with Crippen molar-refractivity contribution in [3.05, 3.63) is 30.1 Å². The van der Waals surface area contributed by atoms with Gasteiger partial charge in [-0.25, -0.2) is 4.98 Å².